The van der Waals surface area contributed by atoms with Gasteiger partial charge in [0.2, 0.25) is 11.8 Å². The minimum absolute atomic E-state index is 0.00365. The summed E-state index contributed by atoms with van der Waals surface area (Å²) >= 11 is 0. The number of piperazine rings is 1. The highest BCUT2D eigenvalue weighted by Crippen LogP contribution is 2.11. The first kappa shape index (κ1) is 17.7. The molecule has 1 aromatic rings. The molecular weight excluding hydrogens is 318 g/mol. The van der Waals surface area contributed by atoms with E-state index in [1.165, 1.54) is 6.42 Å². The molecule has 6 heteroatoms. The Balaban J connectivity index is 1.42. The van der Waals surface area contributed by atoms with Gasteiger partial charge in [0.05, 0.1) is 6.54 Å². The van der Waals surface area contributed by atoms with Crippen molar-refractivity contribution in [2.24, 2.45) is 0 Å². The van der Waals surface area contributed by atoms with Crippen LogP contribution in [-0.4, -0.2) is 72.3 Å². The van der Waals surface area contributed by atoms with E-state index in [2.05, 4.69) is 4.90 Å². The average Bonchev–Trinajstić information content (AvgIpc) is 3.06. The van der Waals surface area contributed by atoms with E-state index in [4.69, 9.17) is 4.42 Å². The average molecular weight is 345 g/mol. The van der Waals surface area contributed by atoms with Gasteiger partial charge in [-0.1, -0.05) is 0 Å². The van der Waals surface area contributed by atoms with E-state index < -0.39 is 0 Å². The van der Waals surface area contributed by atoms with Crippen molar-refractivity contribution in [1.29, 1.82) is 0 Å². The van der Waals surface area contributed by atoms with Crippen LogP contribution >= 0.6 is 0 Å². The van der Waals surface area contributed by atoms with Crippen molar-refractivity contribution in [3.05, 3.63) is 29.7 Å². The molecule has 0 aliphatic carbocycles. The van der Waals surface area contributed by atoms with Gasteiger partial charge >= 0.3 is 0 Å². The van der Waals surface area contributed by atoms with Crippen molar-refractivity contribution in [1.82, 2.24) is 14.7 Å². The molecule has 0 radical (unpaired) electrons. The summed E-state index contributed by atoms with van der Waals surface area (Å²) in [6, 6.07) is 3.73. The topological polar surface area (TPSA) is 57.0 Å². The van der Waals surface area contributed by atoms with E-state index in [-0.39, 0.29) is 11.8 Å². The molecule has 3 heterocycles. The summed E-state index contributed by atoms with van der Waals surface area (Å²) in [4.78, 5) is 30.5. The maximum absolute atomic E-state index is 12.3. The number of hydrogen-bond acceptors (Lipinski definition) is 4. The van der Waals surface area contributed by atoms with E-state index in [1.54, 1.807) is 12.2 Å². The second kappa shape index (κ2) is 8.34. The number of furan rings is 1. The largest absolute Gasteiger partial charge is 0.462 e. The summed E-state index contributed by atoms with van der Waals surface area (Å²) in [6.45, 7) is 6.97. The number of carbonyl (C=O) groups excluding carboxylic acids is 2. The molecule has 2 amide bonds. The van der Waals surface area contributed by atoms with Gasteiger partial charge in [-0.05, 0) is 44.4 Å². The van der Waals surface area contributed by atoms with Crippen LogP contribution in [0.1, 0.15) is 30.8 Å². The fraction of sp³-hybridized carbons (Fsp3) is 0.579. The predicted molar refractivity (Wildman–Crippen MR) is 95.9 cm³/mol. The molecule has 0 unspecified atom stereocenters. The van der Waals surface area contributed by atoms with Crippen LogP contribution < -0.4 is 0 Å². The van der Waals surface area contributed by atoms with Crippen LogP contribution in [0.15, 0.2) is 22.6 Å². The molecule has 25 heavy (non-hydrogen) atoms. The molecule has 0 N–H and O–H groups in total. The molecule has 1 aromatic heterocycles. The molecule has 2 fully saturated rings. The third-order valence-corrected chi connectivity index (χ3v) is 4.90. The lowest BCUT2D eigenvalue weighted by atomic mass is 10.1. The summed E-state index contributed by atoms with van der Waals surface area (Å²) in [5, 5.41) is 0. The van der Waals surface area contributed by atoms with Crippen LogP contribution in [0.4, 0.5) is 0 Å². The molecule has 2 aliphatic rings. The Bertz CT molecular complexity index is 624. The number of hydrogen-bond donors (Lipinski definition) is 0. The summed E-state index contributed by atoms with van der Waals surface area (Å²) in [5.41, 5.74) is 0. The molecule has 0 spiro atoms. The zero-order chi connectivity index (χ0) is 17.6. The van der Waals surface area contributed by atoms with Crippen LogP contribution in [0, 0.1) is 6.92 Å². The highest BCUT2D eigenvalue weighted by atomic mass is 16.3. The number of rotatable bonds is 4. The van der Waals surface area contributed by atoms with E-state index in [9.17, 15) is 9.59 Å². The Morgan fingerprint density at radius 1 is 1.00 bits per heavy atom. The second-order valence-electron chi connectivity index (χ2n) is 6.82. The number of likely N-dealkylation sites (tertiary alicyclic amines) is 1. The highest BCUT2D eigenvalue weighted by Gasteiger charge is 2.24. The van der Waals surface area contributed by atoms with Crippen molar-refractivity contribution in [2.45, 2.75) is 26.2 Å². The van der Waals surface area contributed by atoms with Gasteiger partial charge in [0.15, 0.2) is 0 Å². The lowest BCUT2D eigenvalue weighted by Crippen LogP contribution is -2.51. The van der Waals surface area contributed by atoms with Crippen LogP contribution in [0.25, 0.3) is 6.08 Å². The summed E-state index contributed by atoms with van der Waals surface area (Å²) in [7, 11) is 0. The minimum Gasteiger partial charge on any atom is -0.462 e. The zero-order valence-electron chi connectivity index (χ0n) is 14.9. The van der Waals surface area contributed by atoms with Gasteiger partial charge in [0.25, 0.3) is 0 Å². The number of aryl methyl sites for hydroxylation is 1. The molecule has 6 nitrogen and oxygen atoms in total. The van der Waals surface area contributed by atoms with Crippen molar-refractivity contribution in [3.8, 4) is 0 Å². The Labute approximate surface area is 149 Å². The fourth-order valence-electron chi connectivity index (χ4n) is 3.36. The molecule has 2 aliphatic heterocycles. The maximum atomic E-state index is 12.3. The van der Waals surface area contributed by atoms with Crippen LogP contribution in [0.5, 0.6) is 0 Å². The van der Waals surface area contributed by atoms with Gasteiger partial charge in [0, 0.05) is 45.3 Å². The highest BCUT2D eigenvalue weighted by molar-refractivity contribution is 5.91. The first-order chi connectivity index (χ1) is 12.1. The Kier molecular flexibility index (Phi) is 5.91. The SMILES string of the molecule is Cc1ccc(/C=C/C(=O)N2CCN(CC(=O)N3CCCCC3)CC2)o1. The fourth-order valence-corrected chi connectivity index (χ4v) is 3.36. The molecule has 0 saturated carbocycles. The van der Waals surface area contributed by atoms with E-state index in [1.807, 2.05) is 28.9 Å². The third kappa shape index (κ3) is 4.95. The Hall–Kier alpha value is -2.08. The van der Waals surface area contributed by atoms with Gasteiger partial charge in [0.1, 0.15) is 11.5 Å². The molecular formula is C19H27N3O3. The van der Waals surface area contributed by atoms with Gasteiger partial charge < -0.3 is 14.2 Å². The van der Waals surface area contributed by atoms with Crippen LogP contribution in [0.3, 0.4) is 0 Å². The normalized spacial score (nSPS) is 19.6. The molecule has 0 aromatic carbocycles. The smallest absolute Gasteiger partial charge is 0.246 e. The number of amides is 2. The van der Waals surface area contributed by atoms with E-state index in [0.29, 0.717) is 25.4 Å². The van der Waals surface area contributed by atoms with Gasteiger partial charge in [-0.15, -0.1) is 0 Å². The van der Waals surface area contributed by atoms with Crippen molar-refractivity contribution < 1.29 is 14.0 Å². The molecule has 2 saturated heterocycles. The van der Waals surface area contributed by atoms with Gasteiger partial charge in [-0.3, -0.25) is 14.5 Å². The van der Waals surface area contributed by atoms with Gasteiger partial charge in [-0.25, -0.2) is 0 Å². The maximum Gasteiger partial charge on any atom is 0.246 e. The number of carbonyl (C=O) groups is 2. The first-order valence-corrected chi connectivity index (χ1v) is 9.15. The Morgan fingerprint density at radius 3 is 2.36 bits per heavy atom. The summed E-state index contributed by atoms with van der Waals surface area (Å²) in [6.07, 6.45) is 6.75. The molecule has 3 rings (SSSR count). The first-order valence-electron chi connectivity index (χ1n) is 9.15. The van der Waals surface area contributed by atoms with E-state index >= 15 is 0 Å². The monoisotopic (exact) mass is 345 g/mol. The number of piperidine rings is 1. The van der Waals surface area contributed by atoms with Gasteiger partial charge in [-0.2, -0.15) is 0 Å². The Morgan fingerprint density at radius 2 is 1.72 bits per heavy atom. The molecule has 0 bridgehead atoms. The lowest BCUT2D eigenvalue weighted by molar-refractivity contribution is -0.134. The standard InChI is InChI=1S/C19H27N3O3/c1-16-5-6-17(25-16)7-8-18(23)22-13-11-20(12-14-22)15-19(24)21-9-3-2-4-10-21/h5-8H,2-4,9-15H2,1H3/b8-7+. The quantitative estimate of drug-likeness (QED) is 0.780. The predicted octanol–water partition coefficient (Wildman–Crippen LogP) is 1.76. The molecule has 0 atom stereocenters. The summed E-state index contributed by atoms with van der Waals surface area (Å²) < 4.78 is 5.43. The van der Waals surface area contributed by atoms with Crippen molar-refractivity contribution >= 4 is 17.9 Å². The van der Waals surface area contributed by atoms with Crippen LogP contribution in [0.2, 0.25) is 0 Å². The summed E-state index contributed by atoms with van der Waals surface area (Å²) in [5.74, 6) is 1.75. The van der Waals surface area contributed by atoms with E-state index in [0.717, 1.165) is 44.8 Å². The molecule has 136 valence electrons. The van der Waals surface area contributed by atoms with Crippen molar-refractivity contribution in [3.63, 3.8) is 0 Å². The number of nitrogens with zero attached hydrogens (tertiary/aromatic N) is 3. The second-order valence-corrected chi connectivity index (χ2v) is 6.82. The third-order valence-electron chi connectivity index (χ3n) is 4.90. The van der Waals surface area contributed by atoms with Crippen LogP contribution in [-0.2, 0) is 9.59 Å². The minimum atomic E-state index is -0.00365. The van der Waals surface area contributed by atoms with Crippen molar-refractivity contribution in [2.75, 3.05) is 45.8 Å². The lowest BCUT2D eigenvalue weighted by Gasteiger charge is -2.35. The zero-order valence-corrected chi connectivity index (χ0v) is 14.9.